The highest BCUT2D eigenvalue weighted by molar-refractivity contribution is 5.94. The second kappa shape index (κ2) is 8.03. The maximum Gasteiger partial charge on any atom is 0.253 e. The lowest BCUT2D eigenvalue weighted by atomic mass is 10.1. The molecule has 1 aromatic carbocycles. The van der Waals surface area contributed by atoms with Crippen molar-refractivity contribution in [3.05, 3.63) is 29.8 Å². The molecule has 1 unspecified atom stereocenters. The van der Waals surface area contributed by atoms with Crippen molar-refractivity contribution in [3.63, 3.8) is 0 Å². The van der Waals surface area contributed by atoms with Crippen LogP contribution in [-0.2, 0) is 0 Å². The summed E-state index contributed by atoms with van der Waals surface area (Å²) in [6, 6.07) is 8.19. The lowest BCUT2D eigenvalue weighted by Gasteiger charge is -2.27. The van der Waals surface area contributed by atoms with Gasteiger partial charge in [0.2, 0.25) is 0 Å². The SMILES string of the molecule is CCN(c1ccc(C(=O)N(C)CCC(C)O)cc1)C(C)C. The van der Waals surface area contributed by atoms with E-state index < -0.39 is 0 Å². The molecule has 0 spiro atoms. The first-order valence-electron chi connectivity index (χ1n) is 7.67. The van der Waals surface area contributed by atoms with Gasteiger partial charge in [-0.3, -0.25) is 4.79 Å². The molecule has 0 saturated heterocycles. The Kier molecular flexibility index (Phi) is 6.69. The molecule has 0 heterocycles. The number of carbonyl (C=O) groups is 1. The van der Waals surface area contributed by atoms with Crippen LogP contribution >= 0.6 is 0 Å². The summed E-state index contributed by atoms with van der Waals surface area (Å²) in [4.78, 5) is 16.2. The Hall–Kier alpha value is -1.55. The van der Waals surface area contributed by atoms with E-state index in [9.17, 15) is 9.90 Å². The standard InChI is InChI=1S/C17H28N2O2/c1-6-19(13(2)3)16-9-7-15(8-10-16)17(21)18(5)12-11-14(4)20/h7-10,13-14,20H,6,11-12H2,1-5H3. The van der Waals surface area contributed by atoms with E-state index in [0.717, 1.165) is 12.2 Å². The van der Waals surface area contributed by atoms with Crippen molar-refractivity contribution in [3.8, 4) is 0 Å². The van der Waals surface area contributed by atoms with Gasteiger partial charge < -0.3 is 14.9 Å². The van der Waals surface area contributed by atoms with E-state index >= 15 is 0 Å². The molecule has 4 nitrogen and oxygen atoms in total. The first-order valence-corrected chi connectivity index (χ1v) is 7.67. The highest BCUT2D eigenvalue weighted by Crippen LogP contribution is 2.18. The van der Waals surface area contributed by atoms with Crippen LogP contribution < -0.4 is 4.90 Å². The molecule has 0 saturated carbocycles. The summed E-state index contributed by atoms with van der Waals surface area (Å²) in [6.07, 6.45) is 0.212. The Morgan fingerprint density at radius 2 is 1.76 bits per heavy atom. The second-order valence-corrected chi connectivity index (χ2v) is 5.79. The number of aliphatic hydroxyl groups excluding tert-OH is 1. The van der Waals surface area contributed by atoms with E-state index in [1.54, 1.807) is 18.9 Å². The van der Waals surface area contributed by atoms with Crippen LogP contribution in [0, 0.1) is 0 Å². The zero-order valence-electron chi connectivity index (χ0n) is 13.8. The van der Waals surface area contributed by atoms with Crippen molar-refractivity contribution in [1.29, 1.82) is 0 Å². The third-order valence-corrected chi connectivity index (χ3v) is 3.64. The van der Waals surface area contributed by atoms with Gasteiger partial charge in [-0.05, 0) is 58.4 Å². The number of carbonyl (C=O) groups excluding carboxylic acids is 1. The summed E-state index contributed by atoms with van der Waals surface area (Å²) in [6.45, 7) is 9.69. The van der Waals surface area contributed by atoms with Crippen LogP contribution in [0.1, 0.15) is 44.5 Å². The van der Waals surface area contributed by atoms with Gasteiger partial charge in [0.1, 0.15) is 0 Å². The van der Waals surface area contributed by atoms with E-state index in [2.05, 4.69) is 25.7 Å². The van der Waals surface area contributed by atoms with E-state index in [1.165, 1.54) is 0 Å². The first-order chi connectivity index (χ1) is 9.86. The number of anilines is 1. The topological polar surface area (TPSA) is 43.8 Å². The van der Waals surface area contributed by atoms with Crippen LogP contribution in [0.15, 0.2) is 24.3 Å². The smallest absolute Gasteiger partial charge is 0.253 e. The number of aliphatic hydroxyl groups is 1. The minimum atomic E-state index is -0.383. The molecule has 21 heavy (non-hydrogen) atoms. The summed E-state index contributed by atoms with van der Waals surface area (Å²) in [5.41, 5.74) is 1.82. The first kappa shape index (κ1) is 17.5. The van der Waals surface area contributed by atoms with Gasteiger partial charge in [-0.2, -0.15) is 0 Å². The Morgan fingerprint density at radius 3 is 2.19 bits per heavy atom. The van der Waals surface area contributed by atoms with E-state index in [1.807, 2.05) is 24.3 Å². The Balaban J connectivity index is 2.75. The number of benzene rings is 1. The lowest BCUT2D eigenvalue weighted by Crippen LogP contribution is -2.31. The number of amides is 1. The predicted octanol–water partition coefficient (Wildman–Crippen LogP) is 2.76. The molecule has 4 heteroatoms. The van der Waals surface area contributed by atoms with E-state index in [0.29, 0.717) is 24.6 Å². The molecule has 1 amide bonds. The molecule has 0 radical (unpaired) electrons. The lowest BCUT2D eigenvalue weighted by molar-refractivity contribution is 0.0769. The molecule has 1 atom stereocenters. The third kappa shape index (κ3) is 5.05. The number of hydrogen-bond acceptors (Lipinski definition) is 3. The van der Waals surface area contributed by atoms with Crippen molar-refractivity contribution in [2.45, 2.75) is 46.3 Å². The average Bonchev–Trinajstić information content (AvgIpc) is 2.45. The molecule has 0 aliphatic rings. The molecule has 0 aromatic heterocycles. The van der Waals surface area contributed by atoms with Crippen molar-refractivity contribution in [2.24, 2.45) is 0 Å². The van der Waals surface area contributed by atoms with Crippen molar-refractivity contribution < 1.29 is 9.90 Å². The van der Waals surface area contributed by atoms with Crippen LogP contribution in [0.3, 0.4) is 0 Å². The molecule has 0 fully saturated rings. The second-order valence-electron chi connectivity index (χ2n) is 5.79. The van der Waals surface area contributed by atoms with E-state index in [-0.39, 0.29) is 12.0 Å². The maximum absolute atomic E-state index is 12.3. The van der Waals surface area contributed by atoms with Crippen molar-refractivity contribution in [2.75, 3.05) is 25.0 Å². The van der Waals surface area contributed by atoms with Crippen LogP contribution in [0.4, 0.5) is 5.69 Å². The fraction of sp³-hybridized carbons (Fsp3) is 0.588. The van der Waals surface area contributed by atoms with Crippen molar-refractivity contribution >= 4 is 11.6 Å². The minimum Gasteiger partial charge on any atom is -0.393 e. The van der Waals surface area contributed by atoms with Gasteiger partial charge in [0, 0.05) is 37.4 Å². The van der Waals surface area contributed by atoms with Gasteiger partial charge in [0.15, 0.2) is 0 Å². The van der Waals surface area contributed by atoms with Crippen LogP contribution in [0.25, 0.3) is 0 Å². The maximum atomic E-state index is 12.3. The molecule has 1 aromatic rings. The largest absolute Gasteiger partial charge is 0.393 e. The van der Waals surface area contributed by atoms with Gasteiger partial charge in [0.25, 0.3) is 5.91 Å². The highest BCUT2D eigenvalue weighted by atomic mass is 16.3. The summed E-state index contributed by atoms with van der Waals surface area (Å²) in [7, 11) is 1.77. The molecule has 1 N–H and O–H groups in total. The highest BCUT2D eigenvalue weighted by Gasteiger charge is 2.13. The van der Waals surface area contributed by atoms with Crippen LogP contribution in [-0.4, -0.2) is 48.2 Å². The fourth-order valence-corrected chi connectivity index (χ4v) is 2.34. The Morgan fingerprint density at radius 1 is 1.19 bits per heavy atom. The quantitative estimate of drug-likeness (QED) is 0.840. The third-order valence-electron chi connectivity index (χ3n) is 3.64. The van der Waals surface area contributed by atoms with Crippen molar-refractivity contribution in [1.82, 2.24) is 4.90 Å². The van der Waals surface area contributed by atoms with Gasteiger partial charge in [-0.15, -0.1) is 0 Å². The minimum absolute atomic E-state index is 0.00482. The van der Waals surface area contributed by atoms with Gasteiger partial charge in [-0.1, -0.05) is 0 Å². The van der Waals surface area contributed by atoms with Crippen LogP contribution in [0.2, 0.25) is 0 Å². The van der Waals surface area contributed by atoms with Gasteiger partial charge >= 0.3 is 0 Å². The van der Waals surface area contributed by atoms with Gasteiger partial charge in [0.05, 0.1) is 6.10 Å². The average molecular weight is 292 g/mol. The molecule has 118 valence electrons. The zero-order valence-corrected chi connectivity index (χ0v) is 13.8. The molecule has 1 rings (SSSR count). The summed E-state index contributed by atoms with van der Waals surface area (Å²) >= 11 is 0. The Labute approximate surface area is 128 Å². The number of rotatable bonds is 7. The fourth-order valence-electron chi connectivity index (χ4n) is 2.34. The van der Waals surface area contributed by atoms with E-state index in [4.69, 9.17) is 0 Å². The summed E-state index contributed by atoms with van der Waals surface area (Å²) < 4.78 is 0. The Bertz CT molecular complexity index is 441. The molecule has 0 aliphatic carbocycles. The zero-order chi connectivity index (χ0) is 16.0. The summed E-state index contributed by atoms with van der Waals surface area (Å²) in [5, 5.41) is 9.29. The van der Waals surface area contributed by atoms with Crippen LogP contribution in [0.5, 0.6) is 0 Å². The normalized spacial score (nSPS) is 12.3. The number of hydrogen-bond donors (Lipinski definition) is 1. The monoisotopic (exact) mass is 292 g/mol. The molecular formula is C17H28N2O2. The molecule has 0 bridgehead atoms. The predicted molar refractivity (Wildman–Crippen MR) is 87.9 cm³/mol. The molecular weight excluding hydrogens is 264 g/mol. The number of nitrogens with zero attached hydrogens (tertiary/aromatic N) is 2. The molecule has 0 aliphatic heterocycles. The summed E-state index contributed by atoms with van der Waals surface area (Å²) in [5.74, 6) is -0.00482. The van der Waals surface area contributed by atoms with Gasteiger partial charge in [-0.25, -0.2) is 0 Å².